The van der Waals surface area contributed by atoms with Crippen LogP contribution < -0.4 is 0 Å². The first kappa shape index (κ1) is 10.2. The molecule has 16 heavy (non-hydrogen) atoms. The molecule has 2 aromatic rings. The fourth-order valence-corrected chi connectivity index (χ4v) is 1.50. The summed E-state index contributed by atoms with van der Waals surface area (Å²) >= 11 is 0. The molecule has 0 saturated heterocycles. The molecule has 0 amide bonds. The number of rotatable bonds is 3. The van der Waals surface area contributed by atoms with E-state index < -0.39 is 5.97 Å². The Kier molecular flexibility index (Phi) is 2.32. The van der Waals surface area contributed by atoms with Crippen molar-refractivity contribution in [2.24, 2.45) is 7.05 Å². The lowest BCUT2D eigenvalue weighted by molar-refractivity contribution is 0.0697. The van der Waals surface area contributed by atoms with Gasteiger partial charge in [-0.25, -0.2) is 9.48 Å². The second-order valence-electron chi connectivity index (χ2n) is 3.23. The van der Waals surface area contributed by atoms with Gasteiger partial charge in [-0.15, -0.1) is 0 Å². The summed E-state index contributed by atoms with van der Waals surface area (Å²) in [6, 6.07) is 0. The molecule has 0 aliphatic heterocycles. The number of nitrogens with zero attached hydrogens (tertiary/aromatic N) is 4. The Hall–Kier alpha value is -2.37. The van der Waals surface area contributed by atoms with Crippen molar-refractivity contribution in [3.63, 3.8) is 0 Å². The highest BCUT2D eigenvalue weighted by atomic mass is 16.4. The van der Waals surface area contributed by atoms with Gasteiger partial charge in [0.2, 0.25) is 0 Å². The Morgan fingerprint density at radius 3 is 2.81 bits per heavy atom. The Labute approximate surface area is 91.4 Å². The third-order valence-electron chi connectivity index (χ3n) is 2.23. The van der Waals surface area contributed by atoms with Crippen molar-refractivity contribution >= 4 is 12.2 Å². The highest BCUT2D eigenvalue weighted by molar-refractivity contribution is 5.94. The zero-order chi connectivity index (χ0) is 11.7. The van der Waals surface area contributed by atoms with Crippen LogP contribution in [0.3, 0.4) is 0 Å². The first-order valence-electron chi connectivity index (χ1n) is 4.56. The van der Waals surface area contributed by atoms with Crippen LogP contribution >= 0.6 is 0 Å². The highest BCUT2D eigenvalue weighted by Crippen LogP contribution is 2.22. The molecule has 0 saturated carbocycles. The predicted molar refractivity (Wildman–Crippen MR) is 57.8 cm³/mol. The van der Waals surface area contributed by atoms with Crippen LogP contribution in [-0.2, 0) is 7.05 Å². The molecule has 2 aromatic heterocycles. The number of hydrogen-bond acceptors (Lipinski definition) is 3. The van der Waals surface area contributed by atoms with Crippen LogP contribution in [0.2, 0.25) is 0 Å². The number of aromatic nitrogens is 4. The quantitative estimate of drug-likeness (QED) is 0.836. The first-order chi connectivity index (χ1) is 7.63. The molecule has 0 fully saturated rings. The van der Waals surface area contributed by atoms with Crippen LogP contribution in [0, 0.1) is 0 Å². The SMILES string of the molecule is C=Cn1cc(-c2c(C(=O)O)cnn2C)cn1. The van der Waals surface area contributed by atoms with E-state index in [0.29, 0.717) is 11.3 Å². The Balaban J connectivity index is 2.58. The summed E-state index contributed by atoms with van der Waals surface area (Å²) in [6.45, 7) is 3.57. The van der Waals surface area contributed by atoms with Crippen LogP contribution in [0.1, 0.15) is 10.4 Å². The summed E-state index contributed by atoms with van der Waals surface area (Å²) < 4.78 is 3.02. The standard InChI is InChI=1S/C10H10N4O2/c1-3-14-6-7(4-12-14)9-8(10(15)16)5-11-13(9)2/h3-6H,1H2,2H3,(H,15,16). The van der Waals surface area contributed by atoms with Crippen molar-refractivity contribution in [2.75, 3.05) is 0 Å². The van der Waals surface area contributed by atoms with Crippen molar-refractivity contribution in [1.82, 2.24) is 19.6 Å². The van der Waals surface area contributed by atoms with Gasteiger partial charge in [0.05, 0.1) is 18.1 Å². The van der Waals surface area contributed by atoms with Crippen LogP contribution in [-0.4, -0.2) is 30.6 Å². The second kappa shape index (κ2) is 3.65. The van der Waals surface area contributed by atoms with Gasteiger partial charge >= 0.3 is 5.97 Å². The molecular formula is C10H10N4O2. The van der Waals surface area contributed by atoms with Gasteiger partial charge in [-0.2, -0.15) is 10.2 Å². The molecule has 0 radical (unpaired) electrons. The minimum Gasteiger partial charge on any atom is -0.478 e. The van der Waals surface area contributed by atoms with E-state index in [2.05, 4.69) is 16.8 Å². The second-order valence-corrected chi connectivity index (χ2v) is 3.23. The average Bonchev–Trinajstić information content (AvgIpc) is 2.83. The van der Waals surface area contributed by atoms with Crippen molar-refractivity contribution in [3.8, 4) is 11.3 Å². The number of carboxylic acids is 1. The third kappa shape index (κ3) is 1.50. The molecule has 0 atom stereocenters. The van der Waals surface area contributed by atoms with E-state index >= 15 is 0 Å². The molecule has 1 N–H and O–H groups in total. The lowest BCUT2D eigenvalue weighted by atomic mass is 10.1. The van der Waals surface area contributed by atoms with E-state index in [1.165, 1.54) is 21.8 Å². The Morgan fingerprint density at radius 2 is 2.25 bits per heavy atom. The molecule has 0 aliphatic rings. The smallest absolute Gasteiger partial charge is 0.339 e. The van der Waals surface area contributed by atoms with Gasteiger partial charge in [0.1, 0.15) is 5.56 Å². The van der Waals surface area contributed by atoms with Gasteiger partial charge in [-0.1, -0.05) is 6.58 Å². The molecule has 0 bridgehead atoms. The van der Waals surface area contributed by atoms with Gasteiger partial charge in [0.25, 0.3) is 0 Å². The predicted octanol–water partition coefficient (Wildman–Crippen LogP) is 1.08. The highest BCUT2D eigenvalue weighted by Gasteiger charge is 2.17. The summed E-state index contributed by atoms with van der Waals surface area (Å²) in [4.78, 5) is 11.0. The first-order valence-corrected chi connectivity index (χ1v) is 4.56. The summed E-state index contributed by atoms with van der Waals surface area (Å²) in [5.74, 6) is -1.01. The van der Waals surface area contributed by atoms with Crippen LogP contribution in [0.5, 0.6) is 0 Å². The average molecular weight is 218 g/mol. The normalized spacial score (nSPS) is 10.3. The summed E-state index contributed by atoms with van der Waals surface area (Å²) in [7, 11) is 1.69. The van der Waals surface area contributed by atoms with Gasteiger partial charge in [-0.3, -0.25) is 4.68 Å². The molecular weight excluding hydrogens is 208 g/mol. The van der Waals surface area contributed by atoms with E-state index in [4.69, 9.17) is 5.11 Å². The van der Waals surface area contributed by atoms with Crippen molar-refractivity contribution < 1.29 is 9.90 Å². The van der Waals surface area contributed by atoms with Crippen molar-refractivity contribution in [1.29, 1.82) is 0 Å². The van der Waals surface area contributed by atoms with Crippen LogP contribution in [0.15, 0.2) is 25.2 Å². The number of aromatic carboxylic acids is 1. The lowest BCUT2D eigenvalue weighted by Gasteiger charge is -1.99. The maximum Gasteiger partial charge on any atom is 0.339 e. The molecule has 82 valence electrons. The number of aryl methyl sites for hydroxylation is 1. The Bertz CT molecular complexity index is 553. The van der Waals surface area contributed by atoms with Gasteiger partial charge in [0, 0.05) is 25.0 Å². The van der Waals surface area contributed by atoms with Gasteiger partial charge in [0.15, 0.2) is 0 Å². The number of hydrogen-bond donors (Lipinski definition) is 1. The lowest BCUT2D eigenvalue weighted by Crippen LogP contribution is -2.00. The molecule has 0 unspecified atom stereocenters. The van der Waals surface area contributed by atoms with Crippen molar-refractivity contribution in [3.05, 3.63) is 30.7 Å². The summed E-state index contributed by atoms with van der Waals surface area (Å²) in [5.41, 5.74) is 1.38. The van der Waals surface area contributed by atoms with Gasteiger partial charge in [-0.05, 0) is 0 Å². The zero-order valence-corrected chi connectivity index (χ0v) is 8.66. The van der Waals surface area contributed by atoms with E-state index in [-0.39, 0.29) is 5.56 Å². The van der Waals surface area contributed by atoms with E-state index in [0.717, 1.165) is 0 Å². The largest absolute Gasteiger partial charge is 0.478 e. The fourth-order valence-electron chi connectivity index (χ4n) is 1.50. The summed E-state index contributed by atoms with van der Waals surface area (Å²) in [5, 5.41) is 16.9. The fraction of sp³-hybridized carbons (Fsp3) is 0.100. The van der Waals surface area contributed by atoms with Crippen LogP contribution in [0.25, 0.3) is 17.5 Å². The maximum absolute atomic E-state index is 11.0. The van der Waals surface area contributed by atoms with E-state index in [1.807, 2.05) is 0 Å². The molecule has 2 heterocycles. The maximum atomic E-state index is 11.0. The third-order valence-corrected chi connectivity index (χ3v) is 2.23. The minimum absolute atomic E-state index is 0.158. The molecule has 0 aliphatic carbocycles. The van der Waals surface area contributed by atoms with Crippen LogP contribution in [0.4, 0.5) is 0 Å². The molecule has 6 heteroatoms. The van der Waals surface area contributed by atoms with Crippen molar-refractivity contribution in [2.45, 2.75) is 0 Å². The molecule has 0 spiro atoms. The zero-order valence-electron chi connectivity index (χ0n) is 8.66. The summed E-state index contributed by atoms with van der Waals surface area (Å²) in [6.07, 6.45) is 6.12. The topological polar surface area (TPSA) is 72.9 Å². The minimum atomic E-state index is -1.01. The molecule has 6 nitrogen and oxygen atoms in total. The molecule has 0 aromatic carbocycles. The van der Waals surface area contributed by atoms with E-state index in [1.54, 1.807) is 19.4 Å². The van der Waals surface area contributed by atoms with Gasteiger partial charge < -0.3 is 5.11 Å². The van der Waals surface area contributed by atoms with E-state index in [9.17, 15) is 4.79 Å². The molecule has 2 rings (SSSR count). The number of carboxylic acid groups (broad SMARTS) is 1. The monoisotopic (exact) mass is 218 g/mol. The Morgan fingerprint density at radius 1 is 1.50 bits per heavy atom. The number of carbonyl (C=O) groups is 1.